The Hall–Kier alpha value is -3.04. The number of alkyl halides is 1. The fraction of sp³-hybridized carbons (Fsp3) is 0.167. The van der Waals surface area contributed by atoms with Gasteiger partial charge in [0, 0.05) is 17.5 Å². The number of halogens is 1. The van der Waals surface area contributed by atoms with E-state index in [1.807, 2.05) is 18.2 Å². The predicted octanol–water partition coefficient (Wildman–Crippen LogP) is 2.51. The smallest absolute Gasteiger partial charge is 0.340 e. The number of nitrogen functional groups attached to an aromatic ring is 1. The van der Waals surface area contributed by atoms with Gasteiger partial charge in [0.1, 0.15) is 11.4 Å². The molecule has 0 radical (unpaired) electrons. The number of anilines is 1. The maximum Gasteiger partial charge on any atom is 0.340 e. The molecule has 1 aromatic carbocycles. The van der Waals surface area contributed by atoms with E-state index in [-0.39, 0.29) is 11.3 Å². The molecule has 0 bridgehead atoms. The molecule has 2 aromatic heterocycles. The van der Waals surface area contributed by atoms with Gasteiger partial charge in [-0.3, -0.25) is 5.10 Å². The van der Waals surface area contributed by atoms with Crippen LogP contribution in [-0.4, -0.2) is 34.1 Å². The minimum atomic E-state index is -0.528. The second-order valence-electron chi connectivity index (χ2n) is 5.25. The number of methoxy groups -OCH3 is 1. The highest BCUT2D eigenvalue weighted by Crippen LogP contribution is 2.19. The molecule has 0 saturated carbocycles. The number of hydrogen-bond acceptors (Lipinski definition) is 5. The van der Waals surface area contributed by atoms with E-state index in [0.29, 0.717) is 17.3 Å². The number of esters is 1. The zero-order chi connectivity index (χ0) is 17.8. The van der Waals surface area contributed by atoms with Crippen molar-refractivity contribution in [3.05, 3.63) is 53.0 Å². The summed E-state index contributed by atoms with van der Waals surface area (Å²) < 4.78 is 4.69. The van der Waals surface area contributed by atoms with E-state index in [0.717, 1.165) is 22.9 Å². The molecule has 0 aliphatic heterocycles. The summed E-state index contributed by atoms with van der Waals surface area (Å²) in [6.07, 6.45) is 2.26. The molecule has 3 N–H and O–H groups in total. The number of ether oxygens (including phenoxy) is 1. The van der Waals surface area contributed by atoms with Crippen LogP contribution in [0.5, 0.6) is 0 Å². The molecule has 25 heavy (non-hydrogen) atoms. The highest BCUT2D eigenvalue weighted by Gasteiger charge is 2.12. The van der Waals surface area contributed by atoms with Crippen LogP contribution in [0.2, 0.25) is 0 Å². The number of aromatic nitrogens is 3. The first-order valence-electron chi connectivity index (χ1n) is 7.52. The first-order valence-corrected chi connectivity index (χ1v) is 8.05. The zero-order valence-electron chi connectivity index (χ0n) is 13.5. The first-order chi connectivity index (χ1) is 12.1. The maximum absolute atomic E-state index is 11.7. The van der Waals surface area contributed by atoms with Crippen molar-refractivity contribution in [1.29, 1.82) is 0 Å². The van der Waals surface area contributed by atoms with Crippen molar-refractivity contribution in [2.75, 3.05) is 18.7 Å². The third-order valence-electron chi connectivity index (χ3n) is 3.71. The Labute approximate surface area is 149 Å². The van der Waals surface area contributed by atoms with Crippen LogP contribution >= 0.6 is 11.6 Å². The number of aryl methyl sites for hydroxylation is 1. The third-order valence-corrected chi connectivity index (χ3v) is 3.89. The van der Waals surface area contributed by atoms with Crippen LogP contribution < -0.4 is 5.73 Å². The highest BCUT2D eigenvalue weighted by atomic mass is 35.5. The Balaban J connectivity index is 1.97. The molecule has 0 aliphatic carbocycles. The van der Waals surface area contributed by atoms with E-state index in [1.165, 1.54) is 19.4 Å². The minimum Gasteiger partial charge on any atom is -0.465 e. The molecule has 0 saturated heterocycles. The Morgan fingerprint density at radius 1 is 1.32 bits per heavy atom. The quantitative estimate of drug-likeness (QED) is 0.428. The number of nitrogens with two attached hydrogens (primary N) is 1. The Kier molecular flexibility index (Phi) is 4.87. The van der Waals surface area contributed by atoms with Crippen molar-refractivity contribution >= 4 is 34.2 Å². The van der Waals surface area contributed by atoms with Crippen molar-refractivity contribution in [2.45, 2.75) is 6.42 Å². The summed E-state index contributed by atoms with van der Waals surface area (Å²) in [5.41, 5.74) is 9.28. The molecule has 6 nitrogen and oxygen atoms in total. The normalized spacial score (nSPS) is 10.3. The number of carbonyl (C=O) groups is 1. The monoisotopic (exact) mass is 354 g/mol. The Bertz CT molecular complexity index is 1000. The molecule has 2 heterocycles. The van der Waals surface area contributed by atoms with Gasteiger partial charge in [0.2, 0.25) is 0 Å². The summed E-state index contributed by atoms with van der Waals surface area (Å²) in [5, 5.41) is 8.08. The van der Waals surface area contributed by atoms with Crippen molar-refractivity contribution in [2.24, 2.45) is 0 Å². The van der Waals surface area contributed by atoms with Gasteiger partial charge in [-0.25, -0.2) is 9.78 Å². The van der Waals surface area contributed by atoms with Crippen molar-refractivity contribution in [1.82, 2.24) is 15.2 Å². The lowest BCUT2D eigenvalue weighted by molar-refractivity contribution is 0.0602. The highest BCUT2D eigenvalue weighted by molar-refractivity contribution is 6.18. The molecule has 0 fully saturated rings. The van der Waals surface area contributed by atoms with E-state index in [4.69, 9.17) is 17.3 Å². The maximum atomic E-state index is 11.7. The van der Waals surface area contributed by atoms with Gasteiger partial charge in [-0.1, -0.05) is 6.07 Å². The average Bonchev–Trinajstić information content (AvgIpc) is 3.03. The van der Waals surface area contributed by atoms with Gasteiger partial charge in [0.15, 0.2) is 0 Å². The van der Waals surface area contributed by atoms with E-state index < -0.39 is 5.97 Å². The summed E-state index contributed by atoms with van der Waals surface area (Å²) in [7, 11) is 1.29. The van der Waals surface area contributed by atoms with Gasteiger partial charge in [0.05, 0.1) is 23.9 Å². The van der Waals surface area contributed by atoms with Crippen LogP contribution in [0.25, 0.3) is 10.9 Å². The van der Waals surface area contributed by atoms with E-state index >= 15 is 0 Å². The predicted molar refractivity (Wildman–Crippen MR) is 96.5 cm³/mol. The van der Waals surface area contributed by atoms with Crippen molar-refractivity contribution in [3.63, 3.8) is 0 Å². The lowest BCUT2D eigenvalue weighted by Gasteiger charge is -2.03. The number of rotatable bonds is 3. The SMILES string of the molecule is COC(=O)c1ccnc(C#Cc2n[nH]c3cc(CCCl)ccc23)c1N. The molecule has 0 atom stereocenters. The van der Waals surface area contributed by atoms with E-state index in [2.05, 4.69) is 31.8 Å². The van der Waals surface area contributed by atoms with Crippen LogP contribution in [0.15, 0.2) is 30.5 Å². The number of H-pyrrole nitrogens is 1. The van der Waals surface area contributed by atoms with Gasteiger partial charge in [0.25, 0.3) is 0 Å². The minimum absolute atomic E-state index is 0.186. The Morgan fingerprint density at radius 2 is 2.12 bits per heavy atom. The molecule has 0 aliphatic rings. The molecule has 126 valence electrons. The second kappa shape index (κ2) is 7.24. The summed E-state index contributed by atoms with van der Waals surface area (Å²) in [5.74, 6) is 5.85. The summed E-state index contributed by atoms with van der Waals surface area (Å²) in [4.78, 5) is 15.8. The molecule has 0 amide bonds. The van der Waals surface area contributed by atoms with Gasteiger partial charge in [-0.2, -0.15) is 5.10 Å². The van der Waals surface area contributed by atoms with E-state index in [9.17, 15) is 4.79 Å². The number of nitrogens with one attached hydrogen (secondary N) is 1. The van der Waals surface area contributed by atoms with Gasteiger partial charge in [-0.05, 0) is 42.0 Å². The molecule has 0 unspecified atom stereocenters. The van der Waals surface area contributed by atoms with Crippen LogP contribution in [0.1, 0.15) is 27.3 Å². The lowest BCUT2D eigenvalue weighted by Crippen LogP contribution is -2.08. The molecule has 0 spiro atoms. The fourth-order valence-corrected chi connectivity index (χ4v) is 2.62. The van der Waals surface area contributed by atoms with Gasteiger partial charge in [-0.15, -0.1) is 11.6 Å². The van der Waals surface area contributed by atoms with E-state index in [1.54, 1.807) is 0 Å². The second-order valence-corrected chi connectivity index (χ2v) is 5.63. The van der Waals surface area contributed by atoms with Crippen molar-refractivity contribution in [3.8, 4) is 11.8 Å². The molecular formula is C18H15ClN4O2. The van der Waals surface area contributed by atoms with Gasteiger partial charge >= 0.3 is 5.97 Å². The average molecular weight is 355 g/mol. The number of benzene rings is 1. The number of aromatic amines is 1. The van der Waals surface area contributed by atoms with Crippen LogP contribution in [0, 0.1) is 11.8 Å². The van der Waals surface area contributed by atoms with Crippen molar-refractivity contribution < 1.29 is 9.53 Å². The first kappa shape index (κ1) is 16.8. The molecular weight excluding hydrogens is 340 g/mol. The number of hydrogen-bond donors (Lipinski definition) is 2. The summed E-state index contributed by atoms with van der Waals surface area (Å²) in [6, 6.07) is 7.44. The fourth-order valence-electron chi connectivity index (χ4n) is 2.41. The third kappa shape index (κ3) is 3.42. The summed E-state index contributed by atoms with van der Waals surface area (Å²) >= 11 is 5.77. The largest absolute Gasteiger partial charge is 0.465 e. The van der Waals surface area contributed by atoms with Gasteiger partial charge < -0.3 is 10.5 Å². The number of fused-ring (bicyclic) bond motifs is 1. The van der Waals surface area contributed by atoms with Crippen LogP contribution in [-0.2, 0) is 11.2 Å². The van der Waals surface area contributed by atoms with Crippen LogP contribution in [0.4, 0.5) is 5.69 Å². The lowest BCUT2D eigenvalue weighted by atomic mass is 10.1. The molecule has 7 heteroatoms. The number of nitrogens with zero attached hydrogens (tertiary/aromatic N) is 2. The molecule has 3 aromatic rings. The number of carbonyl (C=O) groups excluding carboxylic acids is 1. The van der Waals surface area contributed by atoms with Crippen LogP contribution in [0.3, 0.4) is 0 Å². The zero-order valence-corrected chi connectivity index (χ0v) is 14.2. The molecule has 3 rings (SSSR count). The standard InChI is InChI=1S/C18H15ClN4O2/c1-25-18(24)13-7-9-21-15(17(13)20)5-4-14-12-3-2-11(6-8-19)10-16(12)23-22-14/h2-3,7,9-10H,6,8,20H2,1H3,(H,22,23). The topological polar surface area (TPSA) is 93.9 Å². The number of pyridine rings is 1. The Morgan fingerprint density at radius 3 is 2.88 bits per heavy atom. The summed E-state index contributed by atoms with van der Waals surface area (Å²) in [6.45, 7) is 0.